The van der Waals surface area contributed by atoms with E-state index in [1.807, 2.05) is 19.1 Å². The zero-order chi connectivity index (χ0) is 11.8. The molecule has 16 heavy (non-hydrogen) atoms. The summed E-state index contributed by atoms with van der Waals surface area (Å²) < 4.78 is 11.0. The zero-order valence-electron chi connectivity index (χ0n) is 9.49. The molecular formula is C12H18ClNO2. The van der Waals surface area contributed by atoms with Crippen molar-refractivity contribution >= 4 is 11.6 Å². The van der Waals surface area contributed by atoms with E-state index in [9.17, 15) is 0 Å². The van der Waals surface area contributed by atoms with Gasteiger partial charge in [0.25, 0.3) is 0 Å². The Labute approximate surface area is 101 Å². The smallest absolute Gasteiger partial charge is 0.119 e. The van der Waals surface area contributed by atoms with Crippen molar-refractivity contribution in [3.63, 3.8) is 0 Å². The van der Waals surface area contributed by atoms with Crippen LogP contribution in [0.3, 0.4) is 0 Å². The number of hydrogen-bond donors (Lipinski definition) is 1. The Bertz CT molecular complexity index is 290. The van der Waals surface area contributed by atoms with Crippen molar-refractivity contribution in [2.75, 3.05) is 19.8 Å². The Morgan fingerprint density at radius 3 is 2.56 bits per heavy atom. The number of nitrogens with two attached hydrogens (primary N) is 1. The topological polar surface area (TPSA) is 44.5 Å². The number of ether oxygens (including phenoxy) is 2. The molecule has 0 saturated carbocycles. The molecular weight excluding hydrogens is 226 g/mol. The normalized spacial score (nSPS) is 12.4. The van der Waals surface area contributed by atoms with Gasteiger partial charge in [-0.1, -0.05) is 11.6 Å². The lowest BCUT2D eigenvalue weighted by atomic mass is 10.2. The fourth-order valence-corrected chi connectivity index (χ4v) is 1.47. The first-order valence-electron chi connectivity index (χ1n) is 5.46. The van der Waals surface area contributed by atoms with E-state index in [4.69, 9.17) is 26.8 Å². The first-order chi connectivity index (χ1) is 7.76. The average molecular weight is 244 g/mol. The van der Waals surface area contributed by atoms with Crippen molar-refractivity contribution < 1.29 is 9.47 Å². The van der Waals surface area contributed by atoms with Crippen LogP contribution in [0.4, 0.5) is 0 Å². The SMILES string of the molecule is CCOC(CN)CCOc1ccc(Cl)cc1. The van der Waals surface area contributed by atoms with Gasteiger partial charge in [-0.15, -0.1) is 0 Å². The summed E-state index contributed by atoms with van der Waals surface area (Å²) in [6, 6.07) is 7.31. The molecule has 0 aliphatic heterocycles. The molecule has 0 aliphatic rings. The predicted octanol–water partition coefficient (Wildman–Crippen LogP) is 2.47. The molecule has 0 bridgehead atoms. The van der Waals surface area contributed by atoms with Crippen molar-refractivity contribution in [3.8, 4) is 5.75 Å². The van der Waals surface area contributed by atoms with Crippen molar-refractivity contribution in [3.05, 3.63) is 29.3 Å². The molecule has 90 valence electrons. The van der Waals surface area contributed by atoms with Gasteiger partial charge in [0.15, 0.2) is 0 Å². The highest BCUT2D eigenvalue weighted by atomic mass is 35.5. The second-order valence-electron chi connectivity index (χ2n) is 3.40. The minimum Gasteiger partial charge on any atom is -0.493 e. The molecule has 0 radical (unpaired) electrons. The van der Waals surface area contributed by atoms with Crippen molar-refractivity contribution in [2.24, 2.45) is 5.73 Å². The molecule has 1 unspecified atom stereocenters. The van der Waals surface area contributed by atoms with Crippen LogP contribution in [-0.2, 0) is 4.74 Å². The summed E-state index contributed by atoms with van der Waals surface area (Å²) in [5, 5.41) is 0.710. The highest BCUT2D eigenvalue weighted by Gasteiger charge is 2.05. The standard InChI is InChI=1S/C12H18ClNO2/c1-2-15-12(9-14)7-8-16-11-5-3-10(13)4-6-11/h3-6,12H,2,7-9,14H2,1H3. The van der Waals surface area contributed by atoms with Crippen LogP contribution in [0.1, 0.15) is 13.3 Å². The summed E-state index contributed by atoms with van der Waals surface area (Å²) in [4.78, 5) is 0. The molecule has 1 rings (SSSR count). The van der Waals surface area contributed by atoms with E-state index in [2.05, 4.69) is 0 Å². The molecule has 0 saturated heterocycles. The summed E-state index contributed by atoms with van der Waals surface area (Å²) in [7, 11) is 0. The Hall–Kier alpha value is -0.770. The Balaban J connectivity index is 2.26. The van der Waals surface area contributed by atoms with Crippen LogP contribution < -0.4 is 10.5 Å². The molecule has 0 fully saturated rings. The fraction of sp³-hybridized carbons (Fsp3) is 0.500. The minimum atomic E-state index is 0.0808. The minimum absolute atomic E-state index is 0.0808. The van der Waals surface area contributed by atoms with Gasteiger partial charge in [-0.2, -0.15) is 0 Å². The largest absolute Gasteiger partial charge is 0.493 e. The maximum Gasteiger partial charge on any atom is 0.119 e. The van der Waals surface area contributed by atoms with E-state index in [1.54, 1.807) is 12.1 Å². The maximum atomic E-state index is 5.77. The molecule has 3 nitrogen and oxygen atoms in total. The molecule has 1 atom stereocenters. The first-order valence-corrected chi connectivity index (χ1v) is 5.84. The quantitative estimate of drug-likeness (QED) is 0.800. The highest BCUT2D eigenvalue weighted by molar-refractivity contribution is 6.30. The molecule has 0 aromatic heterocycles. The molecule has 1 aromatic rings. The van der Waals surface area contributed by atoms with Crippen molar-refractivity contribution in [1.82, 2.24) is 0 Å². The molecule has 0 heterocycles. The van der Waals surface area contributed by atoms with E-state index in [1.165, 1.54) is 0 Å². The Morgan fingerprint density at radius 1 is 1.31 bits per heavy atom. The predicted molar refractivity (Wildman–Crippen MR) is 66.0 cm³/mol. The third-order valence-corrected chi connectivity index (χ3v) is 2.44. The monoisotopic (exact) mass is 243 g/mol. The van der Waals surface area contributed by atoms with Gasteiger partial charge in [0.1, 0.15) is 5.75 Å². The molecule has 0 aliphatic carbocycles. The van der Waals surface area contributed by atoms with Crippen LogP contribution in [0.5, 0.6) is 5.75 Å². The molecule has 0 spiro atoms. The maximum absolute atomic E-state index is 5.77. The van der Waals surface area contributed by atoms with Crippen LogP contribution in [0.2, 0.25) is 5.02 Å². The van der Waals surface area contributed by atoms with Crippen molar-refractivity contribution in [2.45, 2.75) is 19.4 Å². The van der Waals surface area contributed by atoms with Gasteiger partial charge in [0.05, 0.1) is 12.7 Å². The van der Waals surface area contributed by atoms with E-state index < -0.39 is 0 Å². The Kier molecular flexibility index (Phi) is 6.23. The van der Waals surface area contributed by atoms with Gasteiger partial charge in [-0.3, -0.25) is 0 Å². The highest BCUT2D eigenvalue weighted by Crippen LogP contribution is 2.15. The number of benzene rings is 1. The van der Waals surface area contributed by atoms with Crippen LogP contribution >= 0.6 is 11.6 Å². The second-order valence-corrected chi connectivity index (χ2v) is 3.84. The average Bonchev–Trinajstić information content (AvgIpc) is 2.30. The summed E-state index contributed by atoms with van der Waals surface area (Å²) in [6.07, 6.45) is 0.879. The van der Waals surface area contributed by atoms with Gasteiger partial charge in [-0.25, -0.2) is 0 Å². The molecule has 2 N–H and O–H groups in total. The van der Waals surface area contributed by atoms with Gasteiger partial charge >= 0.3 is 0 Å². The fourth-order valence-electron chi connectivity index (χ4n) is 1.34. The van der Waals surface area contributed by atoms with E-state index >= 15 is 0 Å². The summed E-state index contributed by atoms with van der Waals surface area (Å²) in [5.41, 5.74) is 5.56. The van der Waals surface area contributed by atoms with Crippen LogP contribution in [-0.4, -0.2) is 25.9 Å². The van der Waals surface area contributed by atoms with Gasteiger partial charge < -0.3 is 15.2 Å². The number of rotatable bonds is 7. The third-order valence-electron chi connectivity index (χ3n) is 2.19. The van der Waals surface area contributed by atoms with Crippen LogP contribution in [0.25, 0.3) is 0 Å². The van der Waals surface area contributed by atoms with E-state index in [0.29, 0.717) is 24.8 Å². The summed E-state index contributed by atoms with van der Waals surface area (Å²) >= 11 is 5.77. The van der Waals surface area contributed by atoms with Crippen LogP contribution in [0, 0.1) is 0 Å². The first kappa shape index (κ1) is 13.3. The van der Waals surface area contributed by atoms with Gasteiger partial charge in [-0.05, 0) is 31.2 Å². The third kappa shape index (κ3) is 4.84. The zero-order valence-corrected chi connectivity index (χ0v) is 10.2. The Morgan fingerprint density at radius 2 is 2.00 bits per heavy atom. The lowest BCUT2D eigenvalue weighted by molar-refractivity contribution is 0.0527. The lowest BCUT2D eigenvalue weighted by Gasteiger charge is -2.15. The van der Waals surface area contributed by atoms with E-state index in [-0.39, 0.29) is 6.10 Å². The summed E-state index contributed by atoms with van der Waals surface area (Å²) in [6.45, 7) is 3.77. The second kappa shape index (κ2) is 7.49. The van der Waals surface area contributed by atoms with Crippen molar-refractivity contribution in [1.29, 1.82) is 0 Å². The summed E-state index contributed by atoms with van der Waals surface area (Å²) in [5.74, 6) is 0.816. The van der Waals surface area contributed by atoms with Gasteiger partial charge in [0, 0.05) is 24.6 Å². The van der Waals surface area contributed by atoms with E-state index in [0.717, 1.165) is 12.2 Å². The molecule has 0 amide bonds. The van der Waals surface area contributed by atoms with Gasteiger partial charge in [0.2, 0.25) is 0 Å². The number of hydrogen-bond acceptors (Lipinski definition) is 3. The molecule has 4 heteroatoms. The molecule has 1 aromatic carbocycles. The van der Waals surface area contributed by atoms with Crippen LogP contribution in [0.15, 0.2) is 24.3 Å². The number of halogens is 1. The lowest BCUT2D eigenvalue weighted by Crippen LogP contribution is -2.25.